The van der Waals surface area contributed by atoms with E-state index < -0.39 is 23.4 Å². The Labute approximate surface area is 186 Å². The molecule has 7 heteroatoms. The highest BCUT2D eigenvalue weighted by Gasteiger charge is 2.52. The predicted octanol–water partition coefficient (Wildman–Crippen LogP) is 3.32. The molecule has 0 radical (unpaired) electrons. The van der Waals surface area contributed by atoms with Crippen molar-refractivity contribution < 1.29 is 19.1 Å². The minimum Gasteiger partial charge on any atom is -0.497 e. The number of carbonyl (C=O) groups excluding carboxylic acids is 3. The third kappa shape index (κ3) is 4.18. The van der Waals surface area contributed by atoms with Crippen LogP contribution in [0, 0.1) is 0 Å². The van der Waals surface area contributed by atoms with Crippen molar-refractivity contribution in [1.29, 1.82) is 0 Å². The first-order valence-electron chi connectivity index (χ1n) is 10.2. The van der Waals surface area contributed by atoms with E-state index in [9.17, 15) is 14.4 Å². The molecule has 1 heterocycles. The van der Waals surface area contributed by atoms with Gasteiger partial charge >= 0.3 is 6.03 Å². The first kappa shape index (κ1) is 21.1. The maximum Gasteiger partial charge on any atom is 0.325 e. The highest BCUT2D eigenvalue weighted by Crippen LogP contribution is 2.33. The number of carbonyl (C=O) groups is 3. The molecule has 1 aliphatic rings. The molecule has 0 saturated carbocycles. The molecule has 4 amide bonds. The Balaban J connectivity index is 1.57. The molecule has 0 aliphatic carbocycles. The molecule has 3 aromatic carbocycles. The lowest BCUT2D eigenvalue weighted by molar-refractivity contribution is -0.134. The van der Waals surface area contributed by atoms with Crippen molar-refractivity contribution in [2.75, 3.05) is 19.0 Å². The summed E-state index contributed by atoms with van der Waals surface area (Å²) in [4.78, 5) is 40.0. The molecule has 0 spiro atoms. The van der Waals surface area contributed by atoms with Crippen LogP contribution in [0.3, 0.4) is 0 Å². The fourth-order valence-electron chi connectivity index (χ4n) is 3.83. The largest absolute Gasteiger partial charge is 0.497 e. The number of methoxy groups -OCH3 is 1. The number of amides is 4. The van der Waals surface area contributed by atoms with Crippen molar-refractivity contribution in [3.8, 4) is 5.75 Å². The zero-order chi connectivity index (χ0) is 22.6. The van der Waals surface area contributed by atoms with E-state index in [1.807, 2.05) is 60.7 Å². The lowest BCUT2D eigenvalue weighted by Crippen LogP contribution is -2.46. The maximum absolute atomic E-state index is 13.6. The number of imide groups is 1. The molecule has 2 N–H and O–H groups in total. The third-order valence-corrected chi connectivity index (χ3v) is 5.43. The monoisotopic (exact) mass is 429 g/mol. The molecule has 3 aromatic rings. The topological polar surface area (TPSA) is 87.7 Å². The number of benzene rings is 3. The van der Waals surface area contributed by atoms with Gasteiger partial charge in [-0.15, -0.1) is 0 Å². The molecule has 4 rings (SSSR count). The van der Waals surface area contributed by atoms with Crippen molar-refractivity contribution in [3.63, 3.8) is 0 Å². The fourth-order valence-corrected chi connectivity index (χ4v) is 3.83. The number of hydrogen-bond donors (Lipinski definition) is 2. The number of nitrogens with zero attached hydrogens (tertiary/aromatic N) is 1. The Morgan fingerprint density at radius 2 is 1.56 bits per heavy atom. The van der Waals surface area contributed by atoms with Crippen molar-refractivity contribution in [3.05, 3.63) is 96.1 Å². The van der Waals surface area contributed by atoms with Gasteiger partial charge < -0.3 is 15.4 Å². The second-order valence-electron chi connectivity index (χ2n) is 7.53. The summed E-state index contributed by atoms with van der Waals surface area (Å²) in [5.41, 5.74) is 0.830. The number of rotatable bonds is 7. The van der Waals surface area contributed by atoms with Gasteiger partial charge in [0.05, 0.1) is 7.11 Å². The van der Waals surface area contributed by atoms with Crippen LogP contribution >= 0.6 is 0 Å². The highest BCUT2D eigenvalue weighted by molar-refractivity contribution is 6.10. The van der Waals surface area contributed by atoms with Gasteiger partial charge in [0, 0.05) is 12.1 Å². The normalized spacial score (nSPS) is 17.7. The van der Waals surface area contributed by atoms with E-state index >= 15 is 0 Å². The van der Waals surface area contributed by atoms with E-state index in [1.165, 1.54) is 0 Å². The van der Waals surface area contributed by atoms with Gasteiger partial charge in [0.1, 0.15) is 12.3 Å². The molecule has 0 aromatic heterocycles. The van der Waals surface area contributed by atoms with E-state index in [1.54, 1.807) is 31.4 Å². The molecule has 162 valence electrons. The number of nitrogens with one attached hydrogen (secondary N) is 2. The Kier molecular flexibility index (Phi) is 5.89. The van der Waals surface area contributed by atoms with Crippen molar-refractivity contribution >= 4 is 23.5 Å². The molecule has 1 aliphatic heterocycles. The zero-order valence-electron chi connectivity index (χ0n) is 17.6. The summed E-state index contributed by atoms with van der Waals surface area (Å²) in [6, 6.07) is 24.8. The van der Waals surface area contributed by atoms with E-state index in [0.29, 0.717) is 17.0 Å². The van der Waals surface area contributed by atoms with Crippen LogP contribution in [0.5, 0.6) is 5.75 Å². The average Bonchev–Trinajstić information content (AvgIpc) is 3.05. The minimum atomic E-state index is -1.28. The van der Waals surface area contributed by atoms with E-state index in [-0.39, 0.29) is 13.0 Å². The first-order chi connectivity index (χ1) is 15.5. The quantitative estimate of drug-likeness (QED) is 0.564. The van der Waals surface area contributed by atoms with Gasteiger partial charge in [-0.2, -0.15) is 0 Å². The summed E-state index contributed by atoms with van der Waals surface area (Å²) in [6.07, 6.45) is 0.277. The van der Waals surface area contributed by atoms with Gasteiger partial charge in [0.25, 0.3) is 5.91 Å². The van der Waals surface area contributed by atoms with Gasteiger partial charge in [0.2, 0.25) is 5.91 Å². The predicted molar refractivity (Wildman–Crippen MR) is 120 cm³/mol. The van der Waals surface area contributed by atoms with Gasteiger partial charge in [0.15, 0.2) is 5.54 Å². The summed E-state index contributed by atoms with van der Waals surface area (Å²) in [7, 11) is 1.56. The molecular formula is C25H23N3O4. The lowest BCUT2D eigenvalue weighted by atomic mass is 9.83. The summed E-state index contributed by atoms with van der Waals surface area (Å²) in [5.74, 6) is -0.268. The van der Waals surface area contributed by atoms with Crippen LogP contribution in [-0.2, 0) is 21.5 Å². The average molecular weight is 429 g/mol. The molecule has 1 unspecified atom stereocenters. The van der Waals surface area contributed by atoms with Crippen LogP contribution in [0.1, 0.15) is 11.1 Å². The Morgan fingerprint density at radius 3 is 2.19 bits per heavy atom. The molecule has 1 atom stereocenters. The lowest BCUT2D eigenvalue weighted by Gasteiger charge is -2.27. The number of ether oxygens (including phenoxy) is 1. The van der Waals surface area contributed by atoms with Crippen LogP contribution in [0.4, 0.5) is 10.5 Å². The fraction of sp³-hybridized carbons (Fsp3) is 0.160. The van der Waals surface area contributed by atoms with Crippen molar-refractivity contribution in [1.82, 2.24) is 10.2 Å². The summed E-state index contributed by atoms with van der Waals surface area (Å²) in [6.45, 7) is -0.389. The van der Waals surface area contributed by atoms with Crippen molar-refractivity contribution in [2.24, 2.45) is 0 Å². The number of urea groups is 1. The van der Waals surface area contributed by atoms with Crippen LogP contribution < -0.4 is 15.4 Å². The summed E-state index contributed by atoms with van der Waals surface area (Å²) in [5, 5.41) is 5.57. The van der Waals surface area contributed by atoms with Gasteiger partial charge in [-0.3, -0.25) is 14.5 Å². The first-order valence-corrected chi connectivity index (χ1v) is 10.2. The zero-order valence-corrected chi connectivity index (χ0v) is 17.6. The maximum atomic E-state index is 13.6. The molecule has 0 bridgehead atoms. The second-order valence-corrected chi connectivity index (χ2v) is 7.53. The van der Waals surface area contributed by atoms with Gasteiger partial charge in [-0.1, -0.05) is 60.7 Å². The molecular weight excluding hydrogens is 406 g/mol. The van der Waals surface area contributed by atoms with Crippen LogP contribution in [0.25, 0.3) is 0 Å². The number of anilines is 1. The molecule has 1 saturated heterocycles. The third-order valence-electron chi connectivity index (χ3n) is 5.43. The molecule has 32 heavy (non-hydrogen) atoms. The van der Waals surface area contributed by atoms with Crippen LogP contribution in [0.15, 0.2) is 84.9 Å². The van der Waals surface area contributed by atoms with E-state index in [2.05, 4.69) is 10.6 Å². The Hall–Kier alpha value is -4.13. The van der Waals surface area contributed by atoms with Crippen LogP contribution in [-0.4, -0.2) is 36.4 Å². The molecule has 7 nitrogen and oxygen atoms in total. The van der Waals surface area contributed by atoms with Crippen molar-refractivity contribution in [2.45, 2.75) is 12.0 Å². The molecule has 1 fully saturated rings. The van der Waals surface area contributed by atoms with Gasteiger partial charge in [-0.25, -0.2) is 4.79 Å². The SMILES string of the molecule is COc1ccc(NC(=O)CN2C(=O)NC(Cc3ccccc3)(c3ccccc3)C2=O)cc1. The summed E-state index contributed by atoms with van der Waals surface area (Å²) < 4.78 is 5.11. The number of hydrogen-bond acceptors (Lipinski definition) is 4. The standard InChI is InChI=1S/C25H23N3O4/c1-32-21-14-12-20(13-15-21)26-22(29)17-28-23(30)25(27-24(28)31,19-10-6-3-7-11-19)16-18-8-4-2-5-9-18/h2-15H,16-17H2,1H3,(H,26,29)(H,27,31). The highest BCUT2D eigenvalue weighted by atomic mass is 16.5. The minimum absolute atomic E-state index is 0.277. The van der Waals surface area contributed by atoms with Gasteiger partial charge in [-0.05, 0) is 35.4 Å². The Bertz CT molecular complexity index is 1120. The summed E-state index contributed by atoms with van der Waals surface area (Å²) >= 11 is 0. The van der Waals surface area contributed by atoms with E-state index in [4.69, 9.17) is 4.74 Å². The van der Waals surface area contributed by atoms with Crippen LogP contribution in [0.2, 0.25) is 0 Å². The second kappa shape index (κ2) is 8.93. The smallest absolute Gasteiger partial charge is 0.325 e. The Morgan fingerprint density at radius 1 is 0.938 bits per heavy atom. The van der Waals surface area contributed by atoms with E-state index in [0.717, 1.165) is 10.5 Å².